The summed E-state index contributed by atoms with van der Waals surface area (Å²) in [5.74, 6) is 0.687. The van der Waals surface area contributed by atoms with Crippen molar-refractivity contribution >= 4 is 62.8 Å². The quantitative estimate of drug-likeness (QED) is 0.304. The molecule has 0 saturated carbocycles. The third-order valence-electron chi connectivity index (χ3n) is 5.64. The highest BCUT2D eigenvalue weighted by Gasteiger charge is 2.39. The minimum atomic E-state index is -2.05. The molecule has 0 bridgehead atoms. The SMILES string of the molecule is CC(C)(C)[Si](C)(C)Oc1ccc2c(Br)c(-c3n[nH]c4ccsc34)n(C(=O)O)c2c1. The van der Waals surface area contributed by atoms with Gasteiger partial charge in [0, 0.05) is 11.5 Å². The van der Waals surface area contributed by atoms with E-state index in [1.54, 1.807) is 0 Å². The average Bonchev–Trinajstić information content (AvgIpc) is 3.27. The van der Waals surface area contributed by atoms with Gasteiger partial charge in [-0.15, -0.1) is 11.3 Å². The van der Waals surface area contributed by atoms with Crippen molar-refractivity contribution in [1.82, 2.24) is 14.8 Å². The molecule has 0 unspecified atom stereocenters. The summed E-state index contributed by atoms with van der Waals surface area (Å²) in [5, 5.41) is 20.2. The lowest BCUT2D eigenvalue weighted by molar-refractivity contribution is 0.198. The van der Waals surface area contributed by atoms with Crippen LogP contribution in [-0.4, -0.2) is 34.3 Å². The van der Waals surface area contributed by atoms with E-state index in [0.29, 0.717) is 27.1 Å². The highest BCUT2D eigenvalue weighted by atomic mass is 79.9. The number of rotatable bonds is 3. The van der Waals surface area contributed by atoms with Crippen molar-refractivity contribution in [2.45, 2.75) is 38.9 Å². The van der Waals surface area contributed by atoms with Gasteiger partial charge in [-0.2, -0.15) is 5.10 Å². The molecular formula is C20H22BrN3O3SSi. The van der Waals surface area contributed by atoms with Crippen molar-refractivity contribution in [3.05, 3.63) is 34.1 Å². The van der Waals surface area contributed by atoms with Crippen molar-refractivity contribution in [1.29, 1.82) is 0 Å². The van der Waals surface area contributed by atoms with Crippen molar-refractivity contribution in [2.24, 2.45) is 0 Å². The summed E-state index contributed by atoms with van der Waals surface area (Å²) < 4.78 is 9.32. The van der Waals surface area contributed by atoms with Gasteiger partial charge in [0.15, 0.2) is 0 Å². The Kier molecular flexibility index (Phi) is 4.67. The molecule has 0 aliphatic heterocycles. The standard InChI is InChI=1S/C20H22BrN3O3SSi/c1-20(2,3)29(4,5)27-11-6-7-12-14(10-11)24(19(25)26)17(15(12)21)16-18-13(22-23-16)8-9-28-18/h6-10H,1-5H3,(H,22,23)(H,25,26). The van der Waals surface area contributed by atoms with Gasteiger partial charge in [0.1, 0.15) is 11.4 Å². The first-order valence-corrected chi connectivity index (χ1v) is 13.8. The van der Waals surface area contributed by atoms with E-state index in [1.807, 2.05) is 29.6 Å². The van der Waals surface area contributed by atoms with Crippen LogP contribution in [0.25, 0.3) is 32.5 Å². The molecule has 6 nitrogen and oxygen atoms in total. The topological polar surface area (TPSA) is 80.1 Å². The van der Waals surface area contributed by atoms with E-state index in [1.165, 1.54) is 15.9 Å². The number of carbonyl (C=O) groups is 1. The maximum absolute atomic E-state index is 12.2. The summed E-state index contributed by atoms with van der Waals surface area (Å²) in [4.78, 5) is 12.2. The minimum Gasteiger partial charge on any atom is -0.543 e. The molecular weight excluding hydrogens is 470 g/mol. The second-order valence-corrected chi connectivity index (χ2v) is 15.0. The maximum atomic E-state index is 12.2. The van der Waals surface area contributed by atoms with Crippen LogP contribution in [0.1, 0.15) is 20.8 Å². The predicted molar refractivity (Wildman–Crippen MR) is 124 cm³/mol. The highest BCUT2D eigenvalue weighted by molar-refractivity contribution is 9.10. The largest absolute Gasteiger partial charge is 0.543 e. The van der Waals surface area contributed by atoms with E-state index in [4.69, 9.17) is 4.43 Å². The Morgan fingerprint density at radius 2 is 2.03 bits per heavy atom. The number of benzene rings is 1. The first-order valence-electron chi connectivity index (χ1n) is 9.19. The van der Waals surface area contributed by atoms with Gasteiger partial charge in [-0.25, -0.2) is 9.36 Å². The fourth-order valence-electron chi connectivity index (χ4n) is 3.06. The fourth-order valence-corrected chi connectivity index (χ4v) is 5.61. The van der Waals surface area contributed by atoms with E-state index in [0.717, 1.165) is 15.6 Å². The van der Waals surface area contributed by atoms with Gasteiger partial charge in [0.25, 0.3) is 0 Å². The molecule has 0 aliphatic carbocycles. The van der Waals surface area contributed by atoms with Crippen LogP contribution in [0.2, 0.25) is 18.1 Å². The number of nitrogens with one attached hydrogen (secondary N) is 1. The van der Waals surface area contributed by atoms with Gasteiger partial charge in [0.2, 0.25) is 8.32 Å². The molecule has 4 rings (SSSR count). The van der Waals surface area contributed by atoms with E-state index in [-0.39, 0.29) is 5.04 Å². The second kappa shape index (κ2) is 6.71. The molecule has 0 spiro atoms. The monoisotopic (exact) mass is 491 g/mol. The molecule has 0 aliphatic rings. The molecule has 2 N–H and O–H groups in total. The Balaban J connectivity index is 1.93. The van der Waals surface area contributed by atoms with Crippen molar-refractivity contribution in [2.75, 3.05) is 0 Å². The number of H-pyrrole nitrogens is 1. The van der Waals surface area contributed by atoms with Gasteiger partial charge in [0.05, 0.1) is 25.9 Å². The van der Waals surface area contributed by atoms with Crippen LogP contribution in [0, 0.1) is 0 Å². The molecule has 0 radical (unpaired) electrons. The van der Waals surface area contributed by atoms with Gasteiger partial charge < -0.3 is 9.53 Å². The summed E-state index contributed by atoms with van der Waals surface area (Å²) in [6, 6.07) is 7.57. The smallest absolute Gasteiger partial charge is 0.416 e. The van der Waals surface area contributed by atoms with Crippen LogP contribution in [0.15, 0.2) is 34.1 Å². The lowest BCUT2D eigenvalue weighted by atomic mass is 10.2. The summed E-state index contributed by atoms with van der Waals surface area (Å²) in [6.45, 7) is 10.9. The zero-order valence-corrected chi connectivity index (χ0v) is 20.2. The Bertz CT molecular complexity index is 1250. The summed E-state index contributed by atoms with van der Waals surface area (Å²) in [6.07, 6.45) is -1.06. The van der Waals surface area contributed by atoms with Crippen LogP contribution < -0.4 is 4.43 Å². The van der Waals surface area contributed by atoms with Crippen molar-refractivity contribution in [3.8, 4) is 17.1 Å². The van der Waals surface area contributed by atoms with Crippen molar-refractivity contribution in [3.63, 3.8) is 0 Å². The Morgan fingerprint density at radius 3 is 2.69 bits per heavy atom. The van der Waals surface area contributed by atoms with E-state index in [2.05, 4.69) is 60.0 Å². The Hall–Kier alpha value is -2.10. The predicted octanol–water partition coefficient (Wildman–Crippen LogP) is 6.92. The lowest BCUT2D eigenvalue weighted by Gasteiger charge is -2.36. The summed E-state index contributed by atoms with van der Waals surface area (Å²) >= 11 is 5.15. The van der Waals surface area contributed by atoms with Gasteiger partial charge in [-0.3, -0.25) is 5.10 Å². The van der Waals surface area contributed by atoms with Crippen LogP contribution in [0.5, 0.6) is 5.75 Å². The molecule has 0 amide bonds. The van der Waals surface area contributed by atoms with E-state index in [9.17, 15) is 9.90 Å². The summed E-state index contributed by atoms with van der Waals surface area (Å²) in [7, 11) is -2.05. The Morgan fingerprint density at radius 1 is 1.31 bits per heavy atom. The first kappa shape index (κ1) is 20.2. The molecule has 3 heterocycles. The molecule has 3 aromatic heterocycles. The normalized spacial score (nSPS) is 12.8. The average molecular weight is 492 g/mol. The van der Waals surface area contributed by atoms with Gasteiger partial charge in [-0.05, 0) is 57.6 Å². The molecule has 29 heavy (non-hydrogen) atoms. The first-order chi connectivity index (χ1) is 13.5. The lowest BCUT2D eigenvalue weighted by Crippen LogP contribution is -2.43. The number of nitrogens with zero attached hydrogens (tertiary/aromatic N) is 2. The number of carboxylic acid groups (broad SMARTS) is 1. The van der Waals surface area contributed by atoms with E-state index < -0.39 is 14.4 Å². The number of aromatic amines is 1. The van der Waals surface area contributed by atoms with Crippen LogP contribution >= 0.6 is 27.3 Å². The molecule has 1 aromatic carbocycles. The third kappa shape index (κ3) is 3.21. The molecule has 152 valence electrons. The minimum absolute atomic E-state index is 0.0440. The highest BCUT2D eigenvalue weighted by Crippen LogP contribution is 2.43. The van der Waals surface area contributed by atoms with Crippen LogP contribution in [0.4, 0.5) is 4.79 Å². The van der Waals surface area contributed by atoms with E-state index >= 15 is 0 Å². The second-order valence-electron chi connectivity index (χ2n) is 8.56. The van der Waals surface area contributed by atoms with Crippen molar-refractivity contribution < 1.29 is 14.3 Å². The number of hydrogen-bond donors (Lipinski definition) is 2. The molecule has 0 atom stereocenters. The summed E-state index contributed by atoms with van der Waals surface area (Å²) in [5.41, 5.74) is 2.60. The molecule has 0 saturated heterocycles. The van der Waals surface area contributed by atoms with Crippen LogP contribution in [0.3, 0.4) is 0 Å². The number of thiophene rings is 1. The zero-order valence-electron chi connectivity index (χ0n) is 16.8. The maximum Gasteiger partial charge on any atom is 0.416 e. The molecule has 9 heteroatoms. The third-order valence-corrected chi connectivity index (χ3v) is 11.7. The Labute approximate surface area is 181 Å². The molecule has 4 aromatic rings. The molecule has 0 fully saturated rings. The van der Waals surface area contributed by atoms with Crippen LogP contribution in [-0.2, 0) is 0 Å². The number of fused-ring (bicyclic) bond motifs is 2. The number of aromatic nitrogens is 3. The number of hydrogen-bond acceptors (Lipinski definition) is 4. The fraction of sp³-hybridized carbons (Fsp3) is 0.300. The van der Waals surface area contributed by atoms with Gasteiger partial charge in [-0.1, -0.05) is 20.8 Å². The zero-order chi connectivity index (χ0) is 21.1. The number of halogens is 1. The van der Waals surface area contributed by atoms with Gasteiger partial charge >= 0.3 is 6.09 Å².